The van der Waals surface area contributed by atoms with Crippen LogP contribution in [-0.2, 0) is 20.7 Å². The second kappa shape index (κ2) is 7.34. The number of carbonyl (C=O) groups excluding carboxylic acids is 2. The van der Waals surface area contributed by atoms with Gasteiger partial charge in [-0.2, -0.15) is 0 Å². The van der Waals surface area contributed by atoms with E-state index in [1.165, 1.54) is 11.8 Å². The molecule has 0 amide bonds. The molecule has 0 N–H and O–H groups in total. The van der Waals surface area contributed by atoms with Gasteiger partial charge in [0, 0.05) is 6.42 Å². The third kappa shape index (κ3) is 7.67. The maximum atomic E-state index is 11.7. The summed E-state index contributed by atoms with van der Waals surface area (Å²) in [4.78, 5) is 23.2. The van der Waals surface area contributed by atoms with E-state index < -0.39 is 5.60 Å². The summed E-state index contributed by atoms with van der Waals surface area (Å²) in [6.45, 7) is 5.49. The minimum Gasteiger partial charge on any atom is -0.459 e. The maximum absolute atomic E-state index is 11.7. The van der Waals surface area contributed by atoms with Gasteiger partial charge in [-0.3, -0.25) is 9.59 Å². The molecule has 0 unspecified atom stereocenters. The van der Waals surface area contributed by atoms with E-state index in [1.807, 2.05) is 51.1 Å². The van der Waals surface area contributed by atoms with Gasteiger partial charge in [0.05, 0.1) is 11.5 Å². The van der Waals surface area contributed by atoms with Crippen LogP contribution in [-0.4, -0.2) is 28.9 Å². The first-order chi connectivity index (χ1) is 8.87. The second-order valence-electron chi connectivity index (χ2n) is 5.28. The number of hydrogen-bond donors (Lipinski definition) is 0. The van der Waals surface area contributed by atoms with Gasteiger partial charge in [0.25, 0.3) is 0 Å². The van der Waals surface area contributed by atoms with Crippen LogP contribution in [0.3, 0.4) is 0 Å². The monoisotopic (exact) mass is 280 g/mol. The Morgan fingerprint density at radius 2 is 1.74 bits per heavy atom. The fourth-order valence-electron chi connectivity index (χ4n) is 1.49. The molecule has 0 saturated carbocycles. The Hall–Kier alpha value is -1.29. The fourth-order valence-corrected chi connectivity index (χ4v) is 2.15. The first kappa shape index (κ1) is 15.8. The lowest BCUT2D eigenvalue weighted by atomic mass is 10.1. The zero-order chi connectivity index (χ0) is 14.3. The number of thioether (sulfide) groups is 1. The molecule has 0 atom stereocenters. The molecule has 104 valence electrons. The molecule has 0 aliphatic carbocycles. The Morgan fingerprint density at radius 1 is 1.11 bits per heavy atom. The number of hydrogen-bond acceptors (Lipinski definition) is 4. The summed E-state index contributed by atoms with van der Waals surface area (Å²) >= 11 is 1.31. The lowest BCUT2D eigenvalue weighted by molar-refractivity contribution is -0.151. The number of ether oxygens (including phenoxy) is 1. The molecule has 3 nitrogen and oxygen atoms in total. The summed E-state index contributed by atoms with van der Waals surface area (Å²) in [6, 6.07) is 9.60. The molecule has 0 aromatic heterocycles. The van der Waals surface area contributed by atoms with E-state index in [9.17, 15) is 9.59 Å². The minimum atomic E-state index is -0.467. The van der Waals surface area contributed by atoms with Gasteiger partial charge in [0.1, 0.15) is 11.4 Å². The van der Waals surface area contributed by atoms with Crippen LogP contribution < -0.4 is 0 Å². The Balaban J connectivity index is 2.23. The average molecular weight is 280 g/mol. The molecule has 0 heterocycles. The fraction of sp³-hybridized carbons (Fsp3) is 0.467. The van der Waals surface area contributed by atoms with Gasteiger partial charge in [-0.15, -0.1) is 11.8 Å². The molecular weight excluding hydrogens is 260 g/mol. The number of esters is 1. The van der Waals surface area contributed by atoms with Crippen molar-refractivity contribution in [1.82, 2.24) is 0 Å². The highest BCUT2D eigenvalue weighted by Crippen LogP contribution is 2.11. The van der Waals surface area contributed by atoms with Crippen molar-refractivity contribution in [2.24, 2.45) is 0 Å². The molecule has 0 bridgehead atoms. The predicted molar refractivity (Wildman–Crippen MR) is 78.3 cm³/mol. The normalized spacial score (nSPS) is 11.1. The van der Waals surface area contributed by atoms with Crippen molar-refractivity contribution in [2.75, 3.05) is 11.5 Å². The Labute approximate surface area is 118 Å². The summed E-state index contributed by atoms with van der Waals surface area (Å²) in [5.41, 5.74) is 0.538. The van der Waals surface area contributed by atoms with Crippen LogP contribution in [0.5, 0.6) is 0 Å². The minimum absolute atomic E-state index is 0.125. The van der Waals surface area contributed by atoms with E-state index in [0.717, 1.165) is 5.56 Å². The molecule has 0 saturated heterocycles. The first-order valence-electron chi connectivity index (χ1n) is 6.22. The zero-order valence-electron chi connectivity index (χ0n) is 11.6. The van der Waals surface area contributed by atoms with Crippen molar-refractivity contribution in [3.8, 4) is 0 Å². The number of Topliss-reactive ketones (excluding diaryl/α,β-unsaturated/α-hetero) is 1. The molecule has 0 aliphatic rings. The summed E-state index contributed by atoms with van der Waals surface area (Å²) in [5, 5.41) is 0. The molecule has 19 heavy (non-hydrogen) atoms. The topological polar surface area (TPSA) is 43.4 Å². The number of ketones is 1. The summed E-state index contributed by atoms with van der Waals surface area (Å²) in [5.74, 6) is 0.413. The highest BCUT2D eigenvalue weighted by atomic mass is 32.2. The van der Waals surface area contributed by atoms with Gasteiger partial charge in [0.15, 0.2) is 0 Å². The van der Waals surface area contributed by atoms with Crippen molar-refractivity contribution in [2.45, 2.75) is 32.8 Å². The van der Waals surface area contributed by atoms with Crippen LogP contribution in [0.2, 0.25) is 0 Å². The molecule has 1 aromatic carbocycles. The Kier molecular flexibility index (Phi) is 6.09. The van der Waals surface area contributed by atoms with E-state index in [-0.39, 0.29) is 17.5 Å². The van der Waals surface area contributed by atoms with Crippen molar-refractivity contribution >= 4 is 23.5 Å². The Bertz CT molecular complexity index is 421. The molecule has 1 aromatic rings. The second-order valence-corrected chi connectivity index (χ2v) is 6.27. The predicted octanol–water partition coefficient (Wildman–Crippen LogP) is 2.87. The first-order valence-corrected chi connectivity index (χ1v) is 7.37. The lowest BCUT2D eigenvalue weighted by Gasteiger charge is -2.19. The van der Waals surface area contributed by atoms with E-state index in [2.05, 4.69) is 0 Å². The van der Waals surface area contributed by atoms with Gasteiger partial charge >= 0.3 is 5.97 Å². The van der Waals surface area contributed by atoms with E-state index in [4.69, 9.17) is 4.74 Å². The number of rotatable bonds is 6. The quantitative estimate of drug-likeness (QED) is 0.752. The van der Waals surface area contributed by atoms with E-state index in [0.29, 0.717) is 12.2 Å². The lowest BCUT2D eigenvalue weighted by Crippen LogP contribution is -2.25. The van der Waals surface area contributed by atoms with Gasteiger partial charge in [-0.05, 0) is 26.3 Å². The SMILES string of the molecule is CC(C)(C)OC(=O)CSCC(=O)Cc1ccccc1. The van der Waals surface area contributed by atoms with Crippen LogP contribution in [0.15, 0.2) is 30.3 Å². The van der Waals surface area contributed by atoms with Crippen molar-refractivity contribution in [1.29, 1.82) is 0 Å². The molecule has 0 radical (unpaired) electrons. The van der Waals surface area contributed by atoms with Crippen molar-refractivity contribution in [3.05, 3.63) is 35.9 Å². The number of carbonyl (C=O) groups is 2. The molecule has 0 fully saturated rings. The van der Waals surface area contributed by atoms with Crippen molar-refractivity contribution in [3.63, 3.8) is 0 Å². The van der Waals surface area contributed by atoms with Gasteiger partial charge < -0.3 is 4.74 Å². The zero-order valence-corrected chi connectivity index (χ0v) is 12.5. The van der Waals surface area contributed by atoms with E-state index in [1.54, 1.807) is 0 Å². The summed E-state index contributed by atoms with van der Waals surface area (Å²) in [6.07, 6.45) is 0.419. The van der Waals surface area contributed by atoms with Gasteiger partial charge in [-0.25, -0.2) is 0 Å². The molecule has 1 rings (SSSR count). The maximum Gasteiger partial charge on any atom is 0.316 e. The van der Waals surface area contributed by atoms with Crippen LogP contribution in [0.4, 0.5) is 0 Å². The highest BCUT2D eigenvalue weighted by Gasteiger charge is 2.16. The van der Waals surface area contributed by atoms with Crippen LogP contribution in [0.1, 0.15) is 26.3 Å². The molecular formula is C15H20O3S. The van der Waals surface area contributed by atoms with E-state index >= 15 is 0 Å². The molecule has 0 aliphatic heterocycles. The Morgan fingerprint density at radius 3 is 2.32 bits per heavy atom. The third-order valence-corrected chi connectivity index (χ3v) is 3.11. The van der Waals surface area contributed by atoms with Gasteiger partial charge in [0.2, 0.25) is 0 Å². The van der Waals surface area contributed by atoms with Crippen molar-refractivity contribution < 1.29 is 14.3 Å². The molecule has 4 heteroatoms. The van der Waals surface area contributed by atoms with Crippen LogP contribution in [0, 0.1) is 0 Å². The summed E-state index contributed by atoms with van der Waals surface area (Å²) in [7, 11) is 0. The largest absolute Gasteiger partial charge is 0.459 e. The van der Waals surface area contributed by atoms with Crippen LogP contribution in [0.25, 0.3) is 0 Å². The average Bonchev–Trinajstić information content (AvgIpc) is 2.27. The van der Waals surface area contributed by atoms with Gasteiger partial charge in [-0.1, -0.05) is 30.3 Å². The molecule has 0 spiro atoms. The third-order valence-electron chi connectivity index (χ3n) is 2.15. The van der Waals surface area contributed by atoms with Crippen LogP contribution >= 0.6 is 11.8 Å². The smallest absolute Gasteiger partial charge is 0.316 e. The standard InChI is InChI=1S/C15H20O3S/c1-15(2,3)18-14(17)11-19-10-13(16)9-12-7-5-4-6-8-12/h4-8H,9-11H2,1-3H3. The highest BCUT2D eigenvalue weighted by molar-refractivity contribution is 8.00. The number of benzene rings is 1. The summed E-state index contributed by atoms with van der Waals surface area (Å²) < 4.78 is 5.17.